The summed E-state index contributed by atoms with van der Waals surface area (Å²) in [7, 11) is 0. The lowest BCUT2D eigenvalue weighted by Gasteiger charge is -2.02. The molecular formula is C8H15NSi. The predicted octanol–water partition coefficient (Wildman–Crippen LogP) is 0.255. The molecule has 0 aliphatic carbocycles. The SMILES string of the molecule is CC(N)c1ccccc1.[SiH4]. The van der Waals surface area contributed by atoms with Gasteiger partial charge in [-0.2, -0.15) is 0 Å². The Bertz CT molecular complexity index is 172. The van der Waals surface area contributed by atoms with Crippen molar-refractivity contribution in [3.8, 4) is 0 Å². The molecule has 0 spiro atoms. The van der Waals surface area contributed by atoms with Crippen LogP contribution in [0.3, 0.4) is 0 Å². The molecule has 0 heterocycles. The molecule has 0 fully saturated rings. The van der Waals surface area contributed by atoms with E-state index in [9.17, 15) is 0 Å². The molecule has 1 nitrogen and oxygen atoms in total. The van der Waals surface area contributed by atoms with Gasteiger partial charge in [0.05, 0.1) is 0 Å². The fraction of sp³-hybridized carbons (Fsp3) is 0.250. The van der Waals surface area contributed by atoms with Crippen molar-refractivity contribution in [1.29, 1.82) is 0 Å². The highest BCUT2D eigenvalue weighted by atomic mass is 28.1. The van der Waals surface area contributed by atoms with E-state index in [0.29, 0.717) is 0 Å². The Labute approximate surface area is 66.3 Å². The van der Waals surface area contributed by atoms with Crippen molar-refractivity contribution in [3.05, 3.63) is 35.9 Å². The van der Waals surface area contributed by atoms with Gasteiger partial charge < -0.3 is 5.73 Å². The molecule has 0 amide bonds. The van der Waals surface area contributed by atoms with E-state index in [2.05, 4.69) is 0 Å². The topological polar surface area (TPSA) is 26.0 Å². The molecule has 0 saturated carbocycles. The summed E-state index contributed by atoms with van der Waals surface area (Å²) >= 11 is 0. The van der Waals surface area contributed by atoms with Crippen LogP contribution in [0.1, 0.15) is 18.5 Å². The Morgan fingerprint density at radius 2 is 1.70 bits per heavy atom. The van der Waals surface area contributed by atoms with E-state index in [0.717, 1.165) is 0 Å². The van der Waals surface area contributed by atoms with Crippen LogP contribution in [0.25, 0.3) is 0 Å². The first kappa shape index (κ1) is 9.40. The number of rotatable bonds is 1. The zero-order chi connectivity index (χ0) is 6.69. The fourth-order valence-electron chi connectivity index (χ4n) is 0.757. The molecule has 0 radical (unpaired) electrons. The summed E-state index contributed by atoms with van der Waals surface area (Å²) in [6.45, 7) is 1.98. The second kappa shape index (κ2) is 4.25. The summed E-state index contributed by atoms with van der Waals surface area (Å²) in [5.74, 6) is 0. The monoisotopic (exact) mass is 153 g/mol. The average Bonchev–Trinajstić information content (AvgIpc) is 1.90. The molecule has 56 valence electrons. The van der Waals surface area contributed by atoms with E-state index in [4.69, 9.17) is 5.73 Å². The van der Waals surface area contributed by atoms with Gasteiger partial charge in [0.15, 0.2) is 0 Å². The van der Waals surface area contributed by atoms with E-state index >= 15 is 0 Å². The van der Waals surface area contributed by atoms with Gasteiger partial charge in [0.1, 0.15) is 0 Å². The zero-order valence-corrected chi connectivity index (χ0v) is 5.54. The number of nitrogens with two attached hydrogens (primary N) is 1. The Kier molecular flexibility index (Phi) is 3.99. The van der Waals surface area contributed by atoms with Crippen molar-refractivity contribution in [2.24, 2.45) is 5.73 Å². The zero-order valence-electron chi connectivity index (χ0n) is 5.54. The van der Waals surface area contributed by atoms with Gasteiger partial charge in [-0.1, -0.05) is 30.3 Å². The molecule has 0 bridgehead atoms. The number of hydrogen-bond acceptors (Lipinski definition) is 1. The van der Waals surface area contributed by atoms with Crippen LogP contribution >= 0.6 is 0 Å². The lowest BCUT2D eigenvalue weighted by Crippen LogP contribution is -2.03. The Hall–Kier alpha value is -0.603. The van der Waals surface area contributed by atoms with Gasteiger partial charge in [-0.3, -0.25) is 0 Å². The summed E-state index contributed by atoms with van der Waals surface area (Å²) < 4.78 is 0. The average molecular weight is 153 g/mol. The number of hydrogen-bond donors (Lipinski definition) is 1. The van der Waals surface area contributed by atoms with Crippen LogP contribution in [-0.4, -0.2) is 11.0 Å². The maximum absolute atomic E-state index is 5.61. The molecule has 0 aliphatic heterocycles. The lowest BCUT2D eigenvalue weighted by atomic mass is 10.1. The van der Waals surface area contributed by atoms with Crippen LogP contribution in [0.5, 0.6) is 0 Å². The summed E-state index contributed by atoms with van der Waals surface area (Å²) in [5.41, 5.74) is 6.81. The second-order valence-corrected chi connectivity index (χ2v) is 2.20. The summed E-state index contributed by atoms with van der Waals surface area (Å²) in [5, 5.41) is 0. The molecule has 1 aromatic rings. The van der Waals surface area contributed by atoms with Crippen LogP contribution in [-0.2, 0) is 0 Å². The Morgan fingerprint density at radius 3 is 2.00 bits per heavy atom. The third kappa shape index (κ3) is 2.33. The van der Waals surface area contributed by atoms with Gasteiger partial charge >= 0.3 is 0 Å². The smallest absolute Gasteiger partial charge is 0.0266 e. The quantitative estimate of drug-likeness (QED) is 0.575. The highest BCUT2D eigenvalue weighted by Crippen LogP contribution is 2.06. The standard InChI is InChI=1S/C8H11N.H4Si/c1-7(9)8-5-3-2-4-6-8;/h2-7H,9H2,1H3;1H4. The molecule has 1 unspecified atom stereocenters. The molecule has 0 saturated heterocycles. The van der Waals surface area contributed by atoms with Crippen LogP contribution in [0, 0.1) is 0 Å². The van der Waals surface area contributed by atoms with Crippen molar-refractivity contribution in [2.75, 3.05) is 0 Å². The minimum Gasteiger partial charge on any atom is -0.324 e. The predicted molar refractivity (Wildman–Crippen MR) is 50.4 cm³/mol. The molecule has 1 rings (SSSR count). The van der Waals surface area contributed by atoms with Gasteiger partial charge in [-0.05, 0) is 23.5 Å². The molecule has 2 N–H and O–H groups in total. The van der Waals surface area contributed by atoms with E-state index in [1.165, 1.54) is 5.56 Å². The van der Waals surface area contributed by atoms with Crippen molar-refractivity contribution in [2.45, 2.75) is 13.0 Å². The maximum Gasteiger partial charge on any atom is 0.0266 e. The first-order valence-electron chi connectivity index (χ1n) is 3.11. The van der Waals surface area contributed by atoms with Crippen molar-refractivity contribution in [3.63, 3.8) is 0 Å². The van der Waals surface area contributed by atoms with E-state index in [-0.39, 0.29) is 17.0 Å². The summed E-state index contributed by atoms with van der Waals surface area (Å²) in [6.07, 6.45) is 0. The normalized spacial score (nSPS) is 11.8. The van der Waals surface area contributed by atoms with Gasteiger partial charge in [0.2, 0.25) is 0 Å². The minimum atomic E-state index is 0. The van der Waals surface area contributed by atoms with Gasteiger partial charge in [-0.15, -0.1) is 0 Å². The molecule has 0 aliphatic rings. The van der Waals surface area contributed by atoms with E-state index in [1.807, 2.05) is 37.3 Å². The number of benzene rings is 1. The Balaban J connectivity index is 0.000000810. The van der Waals surface area contributed by atoms with Gasteiger partial charge in [0.25, 0.3) is 0 Å². The fourth-order valence-corrected chi connectivity index (χ4v) is 0.757. The largest absolute Gasteiger partial charge is 0.324 e. The molecule has 1 atom stereocenters. The van der Waals surface area contributed by atoms with Crippen molar-refractivity contribution < 1.29 is 0 Å². The molecule has 1 aromatic carbocycles. The minimum absolute atomic E-state index is 0. The Morgan fingerprint density at radius 1 is 1.20 bits per heavy atom. The van der Waals surface area contributed by atoms with E-state index < -0.39 is 0 Å². The molecular weight excluding hydrogens is 138 g/mol. The van der Waals surface area contributed by atoms with Crippen molar-refractivity contribution >= 4 is 11.0 Å². The molecule has 2 heteroatoms. The van der Waals surface area contributed by atoms with Crippen LogP contribution in [0.15, 0.2) is 30.3 Å². The van der Waals surface area contributed by atoms with E-state index in [1.54, 1.807) is 0 Å². The highest BCUT2D eigenvalue weighted by Gasteiger charge is 1.93. The maximum atomic E-state index is 5.61. The highest BCUT2D eigenvalue weighted by molar-refractivity contribution is 5.75. The third-order valence-electron chi connectivity index (χ3n) is 1.33. The summed E-state index contributed by atoms with van der Waals surface area (Å²) in [4.78, 5) is 0. The summed E-state index contributed by atoms with van der Waals surface area (Å²) in [6, 6.07) is 10.2. The van der Waals surface area contributed by atoms with Crippen LogP contribution in [0.4, 0.5) is 0 Å². The second-order valence-electron chi connectivity index (χ2n) is 2.20. The lowest BCUT2D eigenvalue weighted by molar-refractivity contribution is 0.818. The third-order valence-corrected chi connectivity index (χ3v) is 1.33. The van der Waals surface area contributed by atoms with Crippen LogP contribution < -0.4 is 5.73 Å². The first-order valence-corrected chi connectivity index (χ1v) is 3.11. The molecule has 10 heavy (non-hydrogen) atoms. The first-order chi connectivity index (χ1) is 4.30. The van der Waals surface area contributed by atoms with Crippen LogP contribution in [0.2, 0.25) is 0 Å². The van der Waals surface area contributed by atoms with Gasteiger partial charge in [-0.25, -0.2) is 0 Å². The van der Waals surface area contributed by atoms with Gasteiger partial charge in [0, 0.05) is 6.04 Å². The van der Waals surface area contributed by atoms with Crippen molar-refractivity contribution in [1.82, 2.24) is 0 Å². The molecule has 0 aromatic heterocycles.